The number of hydrogen-bond acceptors (Lipinski definition) is 5. The number of phenolic OH excluding ortho intramolecular Hbond substituents is 1. The number of benzene rings is 1. The van der Waals surface area contributed by atoms with Gasteiger partial charge < -0.3 is 20.5 Å². The van der Waals surface area contributed by atoms with Crippen LogP contribution in [0.3, 0.4) is 0 Å². The Morgan fingerprint density at radius 3 is 2.85 bits per heavy atom. The van der Waals surface area contributed by atoms with Crippen LogP contribution in [0.25, 0.3) is 10.9 Å². The molecule has 3 heterocycles. The minimum absolute atomic E-state index is 0.0998. The summed E-state index contributed by atoms with van der Waals surface area (Å²) in [4.78, 5) is 13.0. The fourth-order valence-corrected chi connectivity index (χ4v) is 4.04. The lowest BCUT2D eigenvalue weighted by Crippen LogP contribution is -2.58. The molecule has 2 aliphatic heterocycles. The van der Waals surface area contributed by atoms with Gasteiger partial charge in [0.1, 0.15) is 11.3 Å². The van der Waals surface area contributed by atoms with Crippen molar-refractivity contribution in [3.8, 4) is 5.75 Å². The molecule has 2 fully saturated rings. The second-order valence-corrected chi connectivity index (χ2v) is 7.46. The first kappa shape index (κ1) is 17.3. The monoisotopic (exact) mass is 358 g/mol. The highest BCUT2D eigenvalue weighted by Gasteiger charge is 2.33. The van der Waals surface area contributed by atoms with Crippen molar-refractivity contribution in [1.82, 2.24) is 20.4 Å². The number of fused-ring (bicyclic) bond motifs is 3. The van der Waals surface area contributed by atoms with E-state index in [1.165, 1.54) is 0 Å². The number of nitrogens with one attached hydrogen (secondary N) is 2. The largest absolute Gasteiger partial charge is 0.506 e. The van der Waals surface area contributed by atoms with Crippen molar-refractivity contribution >= 4 is 16.8 Å². The van der Waals surface area contributed by atoms with E-state index in [1.54, 1.807) is 16.8 Å². The molecule has 7 nitrogen and oxygen atoms in total. The maximum Gasteiger partial charge on any atom is 0.272 e. The summed E-state index contributed by atoms with van der Waals surface area (Å²) >= 11 is 0. The SMILES string of the molecule is CCC(C)n1nc(C(=O)NC2C[C@H]3COC[C@H](C2)N3)c2cccc(O)c21. The Balaban J connectivity index is 1.62. The quantitative estimate of drug-likeness (QED) is 0.778. The molecule has 0 radical (unpaired) electrons. The number of morpholine rings is 1. The van der Waals surface area contributed by atoms with Crippen molar-refractivity contribution < 1.29 is 14.6 Å². The van der Waals surface area contributed by atoms with Gasteiger partial charge in [-0.3, -0.25) is 9.48 Å². The zero-order chi connectivity index (χ0) is 18.3. The number of carbonyl (C=O) groups excluding carboxylic acids is 1. The summed E-state index contributed by atoms with van der Waals surface area (Å²) in [5.41, 5.74) is 1.01. The average Bonchev–Trinajstić information content (AvgIpc) is 3.02. The molecule has 0 spiro atoms. The van der Waals surface area contributed by atoms with Gasteiger partial charge in [0, 0.05) is 29.6 Å². The van der Waals surface area contributed by atoms with Gasteiger partial charge in [-0.15, -0.1) is 0 Å². The number of phenols is 1. The summed E-state index contributed by atoms with van der Waals surface area (Å²) in [5.74, 6) is -0.0172. The van der Waals surface area contributed by atoms with Gasteiger partial charge in [-0.25, -0.2) is 0 Å². The molecule has 1 aromatic carbocycles. The van der Waals surface area contributed by atoms with E-state index < -0.39 is 0 Å². The van der Waals surface area contributed by atoms with Crippen LogP contribution in [-0.2, 0) is 4.74 Å². The number of carbonyl (C=O) groups is 1. The predicted octanol–water partition coefficient (Wildman–Crippen LogP) is 1.96. The summed E-state index contributed by atoms with van der Waals surface area (Å²) in [5, 5.41) is 22.2. The maximum absolute atomic E-state index is 13.0. The van der Waals surface area contributed by atoms with Gasteiger partial charge >= 0.3 is 0 Å². The van der Waals surface area contributed by atoms with Gasteiger partial charge in [-0.05, 0) is 32.3 Å². The molecule has 3 atom stereocenters. The van der Waals surface area contributed by atoms with Crippen molar-refractivity contribution in [3.63, 3.8) is 0 Å². The first-order valence-corrected chi connectivity index (χ1v) is 9.41. The Kier molecular flexibility index (Phi) is 4.58. The third-order valence-electron chi connectivity index (χ3n) is 5.51. The molecule has 2 saturated heterocycles. The molecule has 1 unspecified atom stereocenters. The average molecular weight is 358 g/mol. The second-order valence-electron chi connectivity index (χ2n) is 7.46. The number of piperidine rings is 1. The third kappa shape index (κ3) is 3.05. The van der Waals surface area contributed by atoms with Crippen molar-refractivity contribution in [3.05, 3.63) is 23.9 Å². The van der Waals surface area contributed by atoms with Gasteiger partial charge in [-0.2, -0.15) is 5.10 Å². The van der Waals surface area contributed by atoms with E-state index in [1.807, 2.05) is 13.0 Å². The summed E-state index contributed by atoms with van der Waals surface area (Å²) < 4.78 is 7.34. The van der Waals surface area contributed by atoms with Crippen molar-refractivity contribution in [1.29, 1.82) is 0 Å². The highest BCUT2D eigenvalue weighted by Crippen LogP contribution is 2.30. The number of hydrogen-bond donors (Lipinski definition) is 3. The molecule has 1 aromatic heterocycles. The number of aromatic hydroxyl groups is 1. The third-order valence-corrected chi connectivity index (χ3v) is 5.51. The Morgan fingerprint density at radius 2 is 2.15 bits per heavy atom. The minimum Gasteiger partial charge on any atom is -0.506 e. The lowest BCUT2D eigenvalue weighted by molar-refractivity contribution is 0.0148. The van der Waals surface area contributed by atoms with E-state index in [9.17, 15) is 9.90 Å². The van der Waals surface area contributed by atoms with E-state index in [0.29, 0.717) is 41.9 Å². The number of rotatable bonds is 4. The van der Waals surface area contributed by atoms with Crippen LogP contribution < -0.4 is 10.6 Å². The lowest BCUT2D eigenvalue weighted by atomic mass is 9.92. The number of nitrogens with zero attached hydrogens (tertiary/aromatic N) is 2. The fraction of sp³-hybridized carbons (Fsp3) is 0.579. The van der Waals surface area contributed by atoms with Gasteiger partial charge in [0.2, 0.25) is 0 Å². The molecular formula is C19H26N4O3. The Hall–Kier alpha value is -2.12. The molecule has 7 heteroatoms. The summed E-state index contributed by atoms with van der Waals surface area (Å²) in [6.45, 7) is 5.49. The zero-order valence-corrected chi connectivity index (χ0v) is 15.2. The molecule has 2 bridgehead atoms. The molecule has 4 rings (SSSR count). The van der Waals surface area contributed by atoms with Crippen LogP contribution in [0.5, 0.6) is 5.75 Å². The molecule has 2 aliphatic rings. The smallest absolute Gasteiger partial charge is 0.272 e. The van der Waals surface area contributed by atoms with Gasteiger partial charge in [0.25, 0.3) is 5.91 Å². The van der Waals surface area contributed by atoms with Crippen LogP contribution in [0.15, 0.2) is 18.2 Å². The molecule has 0 saturated carbocycles. The van der Waals surface area contributed by atoms with Crippen LogP contribution in [0.1, 0.15) is 49.6 Å². The van der Waals surface area contributed by atoms with Crippen molar-refractivity contribution in [2.45, 2.75) is 57.3 Å². The second kappa shape index (κ2) is 6.89. The van der Waals surface area contributed by atoms with E-state index in [2.05, 4.69) is 22.7 Å². The first-order valence-electron chi connectivity index (χ1n) is 9.41. The van der Waals surface area contributed by atoms with E-state index in [-0.39, 0.29) is 23.7 Å². The highest BCUT2D eigenvalue weighted by molar-refractivity contribution is 6.06. The van der Waals surface area contributed by atoms with Gasteiger partial charge in [0.15, 0.2) is 5.69 Å². The van der Waals surface area contributed by atoms with Crippen LogP contribution in [0.4, 0.5) is 0 Å². The molecule has 2 aromatic rings. The topological polar surface area (TPSA) is 88.4 Å². The Morgan fingerprint density at radius 1 is 1.42 bits per heavy atom. The van der Waals surface area contributed by atoms with Gasteiger partial charge in [-0.1, -0.05) is 19.1 Å². The fourth-order valence-electron chi connectivity index (χ4n) is 4.04. The normalized spacial score (nSPS) is 26.6. The number of ether oxygens (including phenoxy) is 1. The Labute approximate surface area is 152 Å². The van der Waals surface area contributed by atoms with E-state index >= 15 is 0 Å². The number of para-hydroxylation sites is 1. The standard InChI is InChI=1S/C19H26N4O3/c1-3-11(2)23-18-15(5-4-6-16(18)24)17(22-23)19(25)21-12-7-13-9-26-10-14(8-12)20-13/h4-6,11-14,20,24H,3,7-10H2,1-2H3,(H,21,25)/t11?,13-,14-/m0/s1. The van der Waals surface area contributed by atoms with Crippen LogP contribution >= 0.6 is 0 Å². The molecule has 3 N–H and O–H groups in total. The summed E-state index contributed by atoms with van der Waals surface area (Å²) in [7, 11) is 0. The van der Waals surface area contributed by atoms with Crippen LogP contribution in [0.2, 0.25) is 0 Å². The minimum atomic E-state index is -0.173. The van der Waals surface area contributed by atoms with Crippen molar-refractivity contribution in [2.75, 3.05) is 13.2 Å². The van der Waals surface area contributed by atoms with E-state index in [0.717, 1.165) is 19.3 Å². The zero-order valence-electron chi connectivity index (χ0n) is 15.2. The van der Waals surface area contributed by atoms with Gasteiger partial charge in [0.05, 0.1) is 13.2 Å². The van der Waals surface area contributed by atoms with Crippen LogP contribution in [0, 0.1) is 0 Å². The number of aromatic nitrogens is 2. The molecular weight excluding hydrogens is 332 g/mol. The first-order chi connectivity index (χ1) is 12.6. The highest BCUT2D eigenvalue weighted by atomic mass is 16.5. The van der Waals surface area contributed by atoms with Crippen LogP contribution in [-0.4, -0.2) is 52.1 Å². The lowest BCUT2D eigenvalue weighted by Gasteiger charge is -2.40. The predicted molar refractivity (Wildman–Crippen MR) is 98.4 cm³/mol. The summed E-state index contributed by atoms with van der Waals surface area (Å²) in [6.07, 6.45) is 2.58. The number of amides is 1. The maximum atomic E-state index is 13.0. The molecule has 1 amide bonds. The molecule has 26 heavy (non-hydrogen) atoms. The molecule has 140 valence electrons. The Bertz CT molecular complexity index is 806. The summed E-state index contributed by atoms with van der Waals surface area (Å²) in [6, 6.07) is 6.05. The van der Waals surface area contributed by atoms with Crippen molar-refractivity contribution in [2.24, 2.45) is 0 Å². The van der Waals surface area contributed by atoms with E-state index in [4.69, 9.17) is 4.74 Å². The molecule has 0 aliphatic carbocycles.